The third kappa shape index (κ3) is 30.2. The van der Waals surface area contributed by atoms with Gasteiger partial charge >= 0.3 is 0 Å². The molecular formula is C11H28N2O8S2. The number of β-amino-alcohol motifs (C(OH)–C–C–N with tert-alkyl or cyclic N) is 1. The lowest BCUT2D eigenvalue weighted by atomic mass is 10.3. The fraction of sp³-hybridized carbons (Fsp3) is 1.00. The molecule has 1 aliphatic rings. The molecule has 1 heterocycles. The first-order valence-electron chi connectivity index (χ1n) is 6.88. The van der Waals surface area contributed by atoms with Crippen molar-refractivity contribution in [1.82, 2.24) is 9.80 Å². The number of hydrogen-bond donors (Lipinski definition) is 4. The van der Waals surface area contributed by atoms with Gasteiger partial charge in [-0.1, -0.05) is 0 Å². The minimum absolute atomic E-state index is 0.261. The molecule has 0 aromatic heterocycles. The molecule has 0 spiro atoms. The molecule has 0 aromatic carbocycles. The highest BCUT2D eigenvalue weighted by Crippen LogP contribution is 2.01. The zero-order chi connectivity index (χ0) is 18.5. The van der Waals surface area contributed by atoms with Crippen LogP contribution in [0, 0.1) is 0 Å². The van der Waals surface area contributed by atoms with Crippen molar-refractivity contribution in [2.75, 3.05) is 65.0 Å². The van der Waals surface area contributed by atoms with E-state index in [1.54, 1.807) is 0 Å². The summed E-state index contributed by atoms with van der Waals surface area (Å²) in [5, 5.41) is 17.4. The van der Waals surface area contributed by atoms with Gasteiger partial charge in [0.05, 0.1) is 19.1 Å². The number of hydrogen-bond acceptors (Lipinski definition) is 8. The second-order valence-electron chi connectivity index (χ2n) is 4.95. The third-order valence-electron chi connectivity index (χ3n) is 2.51. The van der Waals surface area contributed by atoms with E-state index in [0.717, 1.165) is 45.7 Å². The highest BCUT2D eigenvalue weighted by Gasteiger charge is 2.15. The summed E-state index contributed by atoms with van der Waals surface area (Å²) in [6.07, 6.45) is 2.31. The topological polar surface area (TPSA) is 156 Å². The molecule has 0 radical (unpaired) electrons. The van der Waals surface area contributed by atoms with Crippen molar-refractivity contribution in [3.05, 3.63) is 0 Å². The summed E-state index contributed by atoms with van der Waals surface area (Å²) >= 11 is 0. The second kappa shape index (κ2) is 13.0. The first-order valence-corrected chi connectivity index (χ1v) is 10.6. The van der Waals surface area contributed by atoms with Gasteiger partial charge in [-0.25, -0.2) is 0 Å². The van der Waals surface area contributed by atoms with Crippen molar-refractivity contribution < 1.29 is 36.2 Å². The fourth-order valence-electron chi connectivity index (χ4n) is 1.67. The summed E-state index contributed by atoms with van der Waals surface area (Å²) in [6, 6.07) is 0. The number of aliphatic hydroxyl groups excluding tert-OH is 2. The van der Waals surface area contributed by atoms with Crippen LogP contribution in [0.15, 0.2) is 0 Å². The smallest absolute Gasteiger partial charge is 0.261 e. The van der Waals surface area contributed by atoms with E-state index in [2.05, 4.69) is 9.80 Å². The molecule has 0 atom stereocenters. The van der Waals surface area contributed by atoms with Crippen molar-refractivity contribution >= 4 is 20.2 Å². The summed E-state index contributed by atoms with van der Waals surface area (Å²) in [6.45, 7) is 6.59. The second-order valence-corrected chi connectivity index (χ2v) is 7.88. The van der Waals surface area contributed by atoms with Gasteiger partial charge in [0.2, 0.25) is 0 Å². The molecule has 1 rings (SSSR count). The molecule has 10 nitrogen and oxygen atoms in total. The Morgan fingerprint density at radius 3 is 1.30 bits per heavy atom. The number of piperazine rings is 1. The summed E-state index contributed by atoms with van der Waals surface area (Å²) in [5.41, 5.74) is 0. The number of rotatable bonds is 5. The monoisotopic (exact) mass is 380 g/mol. The molecule has 1 aliphatic heterocycles. The minimum atomic E-state index is -3.67. The van der Waals surface area contributed by atoms with Crippen LogP contribution >= 0.6 is 0 Å². The van der Waals surface area contributed by atoms with Crippen LogP contribution in [-0.2, 0) is 20.2 Å². The lowest BCUT2D eigenvalue weighted by Crippen LogP contribution is -2.47. The zero-order valence-electron chi connectivity index (χ0n) is 13.5. The minimum Gasteiger partial charge on any atom is -0.396 e. The average Bonchev–Trinajstić information content (AvgIpc) is 2.34. The molecule has 1 saturated heterocycles. The van der Waals surface area contributed by atoms with Gasteiger partial charge in [0.1, 0.15) is 0 Å². The van der Waals surface area contributed by atoms with Crippen molar-refractivity contribution in [2.45, 2.75) is 6.42 Å². The molecule has 1 fully saturated rings. The van der Waals surface area contributed by atoms with Crippen molar-refractivity contribution in [3.8, 4) is 0 Å². The number of aliphatic hydroxyl groups is 2. The highest BCUT2D eigenvalue weighted by molar-refractivity contribution is 7.85. The van der Waals surface area contributed by atoms with Gasteiger partial charge in [0, 0.05) is 45.9 Å². The fourth-order valence-corrected chi connectivity index (χ4v) is 1.67. The van der Waals surface area contributed by atoms with E-state index in [1.807, 2.05) is 0 Å². The van der Waals surface area contributed by atoms with Crippen LogP contribution < -0.4 is 0 Å². The van der Waals surface area contributed by atoms with Crippen LogP contribution in [0.4, 0.5) is 0 Å². The molecule has 4 N–H and O–H groups in total. The lowest BCUT2D eigenvalue weighted by molar-refractivity contribution is 0.107. The first-order chi connectivity index (χ1) is 10.4. The third-order valence-corrected chi connectivity index (χ3v) is 2.51. The van der Waals surface area contributed by atoms with Gasteiger partial charge in [-0.15, -0.1) is 0 Å². The maximum absolute atomic E-state index is 9.19. The maximum atomic E-state index is 9.19. The van der Waals surface area contributed by atoms with Crippen molar-refractivity contribution in [2.24, 2.45) is 0 Å². The Hall–Kier alpha value is -0.340. The molecule has 0 bridgehead atoms. The van der Waals surface area contributed by atoms with E-state index < -0.39 is 20.2 Å². The molecule has 0 aliphatic carbocycles. The average molecular weight is 380 g/mol. The molecule has 0 amide bonds. The molecule has 12 heteroatoms. The van der Waals surface area contributed by atoms with Crippen LogP contribution in [0.5, 0.6) is 0 Å². The molecule has 142 valence electrons. The lowest BCUT2D eigenvalue weighted by Gasteiger charge is -2.34. The standard InChI is InChI=1S/C9H20N2O2.2CH4O3S/c12-8-1-2-10-3-5-11(6-4-10)7-9-13;2*1-5(2,3)4/h12-13H,1-9H2;2*1H3,(H,2,3,4). The van der Waals surface area contributed by atoms with Crippen molar-refractivity contribution in [1.29, 1.82) is 0 Å². The molecule has 0 aromatic rings. The zero-order valence-corrected chi connectivity index (χ0v) is 15.1. The Morgan fingerprint density at radius 1 is 0.739 bits per heavy atom. The van der Waals surface area contributed by atoms with Gasteiger partial charge in [0.25, 0.3) is 20.2 Å². The predicted octanol–water partition coefficient (Wildman–Crippen LogP) is -2.01. The van der Waals surface area contributed by atoms with Gasteiger partial charge in [0.15, 0.2) is 0 Å². The maximum Gasteiger partial charge on any atom is 0.261 e. The molecule has 0 unspecified atom stereocenters. The summed E-state index contributed by atoms with van der Waals surface area (Å²) in [5.74, 6) is 0. The summed E-state index contributed by atoms with van der Waals surface area (Å²) < 4.78 is 51.7. The SMILES string of the molecule is CS(=O)(=O)O.CS(=O)(=O)O.OCCCN1CCN(CCO)CC1. The van der Waals surface area contributed by atoms with Crippen LogP contribution in [0.3, 0.4) is 0 Å². The van der Waals surface area contributed by atoms with E-state index in [9.17, 15) is 16.8 Å². The van der Waals surface area contributed by atoms with E-state index in [4.69, 9.17) is 19.3 Å². The molecular weight excluding hydrogens is 352 g/mol. The molecule has 0 saturated carbocycles. The van der Waals surface area contributed by atoms with E-state index in [0.29, 0.717) is 12.5 Å². The Balaban J connectivity index is 0. The highest BCUT2D eigenvalue weighted by atomic mass is 32.2. The van der Waals surface area contributed by atoms with E-state index in [1.165, 1.54) is 0 Å². The first kappa shape index (κ1) is 24.9. The largest absolute Gasteiger partial charge is 0.396 e. The van der Waals surface area contributed by atoms with Gasteiger partial charge in [-0.05, 0) is 6.42 Å². The van der Waals surface area contributed by atoms with Crippen LogP contribution in [0.1, 0.15) is 6.42 Å². The van der Waals surface area contributed by atoms with E-state index in [-0.39, 0.29) is 13.2 Å². The van der Waals surface area contributed by atoms with Crippen LogP contribution in [0.25, 0.3) is 0 Å². The van der Waals surface area contributed by atoms with Gasteiger partial charge in [-0.2, -0.15) is 16.8 Å². The summed E-state index contributed by atoms with van der Waals surface area (Å²) in [4.78, 5) is 4.64. The van der Waals surface area contributed by atoms with Crippen molar-refractivity contribution in [3.63, 3.8) is 0 Å². The Kier molecular flexibility index (Phi) is 14.1. The Labute approximate surface area is 138 Å². The Bertz CT molecular complexity index is 426. The van der Waals surface area contributed by atoms with Gasteiger partial charge < -0.3 is 15.1 Å². The van der Waals surface area contributed by atoms with Crippen LogP contribution in [-0.4, -0.2) is 111 Å². The van der Waals surface area contributed by atoms with E-state index >= 15 is 0 Å². The number of nitrogens with zero attached hydrogens (tertiary/aromatic N) is 2. The molecule has 23 heavy (non-hydrogen) atoms. The van der Waals surface area contributed by atoms with Crippen LogP contribution in [0.2, 0.25) is 0 Å². The summed E-state index contributed by atoms with van der Waals surface area (Å²) in [7, 11) is -7.33. The Morgan fingerprint density at radius 2 is 1.04 bits per heavy atom. The normalized spacial score (nSPS) is 16.8. The predicted molar refractivity (Wildman–Crippen MR) is 86.6 cm³/mol. The van der Waals surface area contributed by atoms with Gasteiger partial charge in [-0.3, -0.25) is 14.0 Å². The quantitative estimate of drug-likeness (QED) is 0.393.